The van der Waals surface area contributed by atoms with Gasteiger partial charge in [0.25, 0.3) is 5.91 Å². The molecule has 1 amide bonds. The van der Waals surface area contributed by atoms with Crippen LogP contribution in [0.1, 0.15) is 34.4 Å². The van der Waals surface area contributed by atoms with Gasteiger partial charge in [-0.3, -0.25) is 4.79 Å². The molecule has 0 saturated heterocycles. The highest BCUT2D eigenvalue weighted by Crippen LogP contribution is 2.14. The lowest BCUT2D eigenvalue weighted by molar-refractivity contribution is 0.0948. The number of nitrogens with one attached hydrogen (secondary N) is 1. The van der Waals surface area contributed by atoms with Gasteiger partial charge in [-0.1, -0.05) is 42.8 Å². The topological polar surface area (TPSA) is 46.4 Å². The smallest absolute Gasteiger partial charge is 0.272 e. The fourth-order valence-electron chi connectivity index (χ4n) is 2.49. The second-order valence-corrected chi connectivity index (χ2v) is 5.35. The molecule has 1 N–H and O–H groups in total. The minimum absolute atomic E-state index is 0.135. The third-order valence-electron chi connectivity index (χ3n) is 3.73. The van der Waals surface area contributed by atoms with Crippen LogP contribution in [-0.2, 0) is 13.0 Å². The number of carbonyl (C=O) groups excluding carboxylic acids is 1. The van der Waals surface area contributed by atoms with Gasteiger partial charge in [-0.25, -0.2) is 4.98 Å². The van der Waals surface area contributed by atoms with E-state index in [1.54, 1.807) is 0 Å². The predicted octanol–water partition coefficient (Wildman–Crippen LogP) is 3.14. The largest absolute Gasteiger partial charge is 0.347 e. The summed E-state index contributed by atoms with van der Waals surface area (Å²) < 4.78 is 1.97. The number of rotatable bonds is 4. The molecule has 112 valence electrons. The predicted molar refractivity (Wildman–Crippen MR) is 86.9 cm³/mol. The number of hydrogen-bond donors (Lipinski definition) is 1. The number of aromatic nitrogens is 2. The summed E-state index contributed by atoms with van der Waals surface area (Å²) in [6, 6.07) is 13.9. The maximum Gasteiger partial charge on any atom is 0.272 e. The molecular formula is C18H19N3O. The Kier molecular flexibility index (Phi) is 3.92. The van der Waals surface area contributed by atoms with Gasteiger partial charge in [-0.2, -0.15) is 0 Å². The number of carbonyl (C=O) groups is 1. The molecule has 0 fully saturated rings. The van der Waals surface area contributed by atoms with Crippen LogP contribution in [0, 0.1) is 6.92 Å². The summed E-state index contributed by atoms with van der Waals surface area (Å²) in [4.78, 5) is 16.9. The van der Waals surface area contributed by atoms with Gasteiger partial charge >= 0.3 is 0 Å². The third-order valence-corrected chi connectivity index (χ3v) is 3.73. The average molecular weight is 293 g/mol. The molecule has 4 nitrogen and oxygen atoms in total. The molecule has 4 heteroatoms. The van der Waals surface area contributed by atoms with Crippen molar-refractivity contribution in [3.05, 3.63) is 71.3 Å². The van der Waals surface area contributed by atoms with Gasteiger partial charge in [0.05, 0.1) is 5.52 Å². The molecule has 2 heterocycles. The Bertz CT molecular complexity index is 803. The summed E-state index contributed by atoms with van der Waals surface area (Å²) >= 11 is 0. The van der Waals surface area contributed by atoms with Crippen molar-refractivity contribution >= 4 is 11.4 Å². The Labute approximate surface area is 129 Å². The van der Waals surface area contributed by atoms with E-state index in [4.69, 9.17) is 0 Å². The Morgan fingerprint density at radius 1 is 1.18 bits per heavy atom. The van der Waals surface area contributed by atoms with Gasteiger partial charge < -0.3 is 9.72 Å². The highest BCUT2D eigenvalue weighted by atomic mass is 16.1. The van der Waals surface area contributed by atoms with E-state index >= 15 is 0 Å². The molecule has 0 radical (unpaired) electrons. The van der Waals surface area contributed by atoms with Crippen molar-refractivity contribution in [3.8, 4) is 0 Å². The molecule has 0 spiro atoms. The molecule has 3 rings (SSSR count). The maximum absolute atomic E-state index is 12.4. The van der Waals surface area contributed by atoms with E-state index in [1.165, 1.54) is 5.56 Å². The summed E-state index contributed by atoms with van der Waals surface area (Å²) in [5.41, 5.74) is 3.63. The van der Waals surface area contributed by atoms with Crippen molar-refractivity contribution in [3.63, 3.8) is 0 Å². The van der Waals surface area contributed by atoms with Crippen LogP contribution in [0.15, 0.2) is 48.7 Å². The Morgan fingerprint density at radius 3 is 2.68 bits per heavy atom. The summed E-state index contributed by atoms with van der Waals surface area (Å²) in [7, 11) is 0. The highest BCUT2D eigenvalue weighted by molar-refractivity contribution is 5.99. The first-order chi connectivity index (χ1) is 10.7. The lowest BCUT2D eigenvalue weighted by Crippen LogP contribution is -2.23. The molecule has 0 bridgehead atoms. The Balaban J connectivity index is 1.82. The monoisotopic (exact) mass is 293 g/mol. The van der Waals surface area contributed by atoms with Crippen LogP contribution in [0.5, 0.6) is 0 Å². The number of imidazole rings is 1. The first kappa shape index (κ1) is 14.3. The lowest BCUT2D eigenvalue weighted by atomic mass is 10.1. The molecule has 0 aliphatic heterocycles. The highest BCUT2D eigenvalue weighted by Gasteiger charge is 2.15. The number of fused-ring (bicyclic) bond motifs is 1. The van der Waals surface area contributed by atoms with Gasteiger partial charge in [-0.05, 0) is 24.6 Å². The summed E-state index contributed by atoms with van der Waals surface area (Å²) in [6.45, 7) is 4.59. The van der Waals surface area contributed by atoms with Crippen LogP contribution in [0.2, 0.25) is 0 Å². The van der Waals surface area contributed by atoms with Gasteiger partial charge in [0.15, 0.2) is 5.69 Å². The zero-order valence-corrected chi connectivity index (χ0v) is 12.8. The second kappa shape index (κ2) is 6.02. The fourth-order valence-corrected chi connectivity index (χ4v) is 2.49. The van der Waals surface area contributed by atoms with Crippen molar-refractivity contribution in [2.24, 2.45) is 0 Å². The molecule has 0 aliphatic rings. The minimum Gasteiger partial charge on any atom is -0.347 e. The molecule has 2 aromatic heterocycles. The van der Waals surface area contributed by atoms with Crippen molar-refractivity contribution in [1.29, 1.82) is 0 Å². The van der Waals surface area contributed by atoms with Crippen molar-refractivity contribution in [1.82, 2.24) is 14.7 Å². The van der Waals surface area contributed by atoms with E-state index in [0.717, 1.165) is 23.3 Å². The molecule has 3 aromatic rings. The molecule has 22 heavy (non-hydrogen) atoms. The quantitative estimate of drug-likeness (QED) is 0.803. The first-order valence-electron chi connectivity index (χ1n) is 7.48. The normalized spacial score (nSPS) is 10.8. The van der Waals surface area contributed by atoms with Crippen LogP contribution in [-0.4, -0.2) is 15.3 Å². The minimum atomic E-state index is -0.135. The molecule has 0 atom stereocenters. The van der Waals surface area contributed by atoms with E-state index in [2.05, 4.69) is 10.3 Å². The van der Waals surface area contributed by atoms with Crippen molar-refractivity contribution in [2.75, 3.05) is 0 Å². The van der Waals surface area contributed by atoms with Gasteiger partial charge in [0.2, 0.25) is 0 Å². The van der Waals surface area contributed by atoms with Gasteiger partial charge in [0, 0.05) is 19.2 Å². The number of amides is 1. The van der Waals surface area contributed by atoms with E-state index in [0.29, 0.717) is 12.2 Å². The lowest BCUT2D eigenvalue weighted by Gasteiger charge is -2.04. The zero-order chi connectivity index (χ0) is 15.5. The summed E-state index contributed by atoms with van der Waals surface area (Å²) in [5.74, 6) is 0.764. The Hall–Kier alpha value is -2.62. The van der Waals surface area contributed by atoms with Gasteiger partial charge in [0.1, 0.15) is 5.82 Å². The SMILES string of the molecule is CCc1nc(C(=O)NCc2ccc(C)cc2)c2ccccn12. The number of nitrogens with zero attached hydrogens (tertiary/aromatic N) is 2. The zero-order valence-electron chi connectivity index (χ0n) is 12.8. The van der Waals surface area contributed by atoms with Crippen LogP contribution in [0.25, 0.3) is 5.52 Å². The van der Waals surface area contributed by atoms with Crippen molar-refractivity contribution < 1.29 is 4.79 Å². The molecule has 0 unspecified atom stereocenters. The standard InChI is InChI=1S/C18H19N3O/c1-3-16-20-17(15-6-4-5-11-21(15)16)18(22)19-12-14-9-7-13(2)8-10-14/h4-11H,3,12H2,1-2H3,(H,19,22). The molecule has 0 aliphatic carbocycles. The second-order valence-electron chi connectivity index (χ2n) is 5.35. The first-order valence-corrected chi connectivity index (χ1v) is 7.48. The average Bonchev–Trinajstić information content (AvgIpc) is 2.93. The molecule has 1 aromatic carbocycles. The third kappa shape index (κ3) is 2.72. The van der Waals surface area contributed by atoms with Crippen molar-refractivity contribution in [2.45, 2.75) is 26.8 Å². The maximum atomic E-state index is 12.4. The van der Waals surface area contributed by atoms with Crippen LogP contribution >= 0.6 is 0 Å². The summed E-state index contributed by atoms with van der Waals surface area (Å²) in [6.07, 6.45) is 2.73. The van der Waals surface area contributed by atoms with E-state index in [-0.39, 0.29) is 5.91 Å². The van der Waals surface area contributed by atoms with Crippen LogP contribution in [0.3, 0.4) is 0 Å². The number of aryl methyl sites for hydroxylation is 2. The fraction of sp³-hybridized carbons (Fsp3) is 0.222. The van der Waals surface area contributed by atoms with E-state index in [1.807, 2.05) is 66.9 Å². The molecule has 0 saturated carbocycles. The van der Waals surface area contributed by atoms with Crippen LogP contribution in [0.4, 0.5) is 0 Å². The molecular weight excluding hydrogens is 274 g/mol. The van der Waals surface area contributed by atoms with Gasteiger partial charge in [-0.15, -0.1) is 0 Å². The van der Waals surface area contributed by atoms with Crippen LogP contribution < -0.4 is 5.32 Å². The summed E-state index contributed by atoms with van der Waals surface area (Å²) in [5, 5.41) is 2.95. The van der Waals surface area contributed by atoms with E-state index < -0.39 is 0 Å². The number of pyridine rings is 1. The Morgan fingerprint density at radius 2 is 1.95 bits per heavy atom. The number of benzene rings is 1. The number of hydrogen-bond acceptors (Lipinski definition) is 2. The van der Waals surface area contributed by atoms with E-state index in [9.17, 15) is 4.79 Å².